The van der Waals surface area contributed by atoms with Gasteiger partial charge in [-0.15, -0.1) is 0 Å². The Labute approximate surface area is 103 Å². The highest BCUT2D eigenvalue weighted by atomic mass is 15.2. The van der Waals surface area contributed by atoms with Gasteiger partial charge in [-0.2, -0.15) is 0 Å². The third-order valence-electron chi connectivity index (χ3n) is 3.10. The SMILES string of the molecule is CC(C)(N)c1ccc(CN2CCNCC2)cn1. The molecular formula is C13H22N4. The van der Waals surface area contributed by atoms with Crippen molar-refractivity contribution in [2.45, 2.75) is 25.9 Å². The molecule has 94 valence electrons. The van der Waals surface area contributed by atoms with Crippen LogP contribution in [0.1, 0.15) is 25.1 Å². The van der Waals surface area contributed by atoms with Gasteiger partial charge in [0.25, 0.3) is 0 Å². The highest BCUT2D eigenvalue weighted by molar-refractivity contribution is 5.18. The van der Waals surface area contributed by atoms with Crippen LogP contribution in [0.5, 0.6) is 0 Å². The Balaban J connectivity index is 1.98. The fourth-order valence-corrected chi connectivity index (χ4v) is 2.03. The zero-order chi connectivity index (χ0) is 12.3. The molecule has 0 amide bonds. The lowest BCUT2D eigenvalue weighted by Gasteiger charge is -2.27. The van der Waals surface area contributed by atoms with E-state index in [0.29, 0.717) is 0 Å². The molecule has 0 unspecified atom stereocenters. The normalized spacial score (nSPS) is 18.3. The van der Waals surface area contributed by atoms with E-state index in [1.807, 2.05) is 26.1 Å². The number of nitrogens with zero attached hydrogens (tertiary/aromatic N) is 2. The number of piperazine rings is 1. The molecular weight excluding hydrogens is 212 g/mol. The maximum atomic E-state index is 6.01. The topological polar surface area (TPSA) is 54.2 Å². The minimum Gasteiger partial charge on any atom is -0.321 e. The molecule has 1 aliphatic heterocycles. The van der Waals surface area contributed by atoms with Gasteiger partial charge < -0.3 is 11.1 Å². The van der Waals surface area contributed by atoms with Gasteiger partial charge in [0.1, 0.15) is 0 Å². The van der Waals surface area contributed by atoms with E-state index in [-0.39, 0.29) is 5.54 Å². The van der Waals surface area contributed by atoms with Gasteiger partial charge in [-0.3, -0.25) is 9.88 Å². The van der Waals surface area contributed by atoms with E-state index in [1.165, 1.54) is 5.56 Å². The second-order valence-corrected chi connectivity index (χ2v) is 5.30. The fourth-order valence-electron chi connectivity index (χ4n) is 2.03. The van der Waals surface area contributed by atoms with Crippen LogP contribution in [0.2, 0.25) is 0 Å². The largest absolute Gasteiger partial charge is 0.321 e. The lowest BCUT2D eigenvalue weighted by atomic mass is 10.0. The Morgan fingerprint density at radius 2 is 2.06 bits per heavy atom. The van der Waals surface area contributed by atoms with Crippen molar-refractivity contribution in [1.29, 1.82) is 0 Å². The zero-order valence-corrected chi connectivity index (χ0v) is 10.7. The second-order valence-electron chi connectivity index (χ2n) is 5.30. The Kier molecular flexibility index (Phi) is 3.76. The molecule has 0 spiro atoms. The summed E-state index contributed by atoms with van der Waals surface area (Å²) < 4.78 is 0. The summed E-state index contributed by atoms with van der Waals surface area (Å²) in [5.74, 6) is 0. The van der Waals surface area contributed by atoms with E-state index < -0.39 is 0 Å². The molecule has 0 atom stereocenters. The van der Waals surface area contributed by atoms with Crippen molar-refractivity contribution in [2.75, 3.05) is 26.2 Å². The Hall–Kier alpha value is -0.970. The molecule has 2 rings (SSSR count). The van der Waals surface area contributed by atoms with Crippen molar-refractivity contribution in [3.05, 3.63) is 29.6 Å². The molecule has 1 saturated heterocycles. The maximum Gasteiger partial charge on any atom is 0.0596 e. The first kappa shape index (κ1) is 12.5. The lowest BCUT2D eigenvalue weighted by molar-refractivity contribution is 0.233. The number of aromatic nitrogens is 1. The molecule has 0 aliphatic carbocycles. The molecule has 2 heterocycles. The molecule has 1 fully saturated rings. The van der Waals surface area contributed by atoms with Crippen LogP contribution in [0, 0.1) is 0 Å². The average Bonchev–Trinajstić information content (AvgIpc) is 2.30. The monoisotopic (exact) mass is 234 g/mol. The second kappa shape index (κ2) is 5.12. The van der Waals surface area contributed by atoms with Gasteiger partial charge in [0.15, 0.2) is 0 Å². The molecule has 0 bridgehead atoms. The summed E-state index contributed by atoms with van der Waals surface area (Å²) in [6, 6.07) is 4.18. The van der Waals surface area contributed by atoms with Crippen molar-refractivity contribution < 1.29 is 0 Å². The molecule has 0 radical (unpaired) electrons. The maximum absolute atomic E-state index is 6.01. The minimum absolute atomic E-state index is 0.354. The standard InChI is InChI=1S/C13H22N4/c1-13(2,14)12-4-3-11(9-16-12)10-17-7-5-15-6-8-17/h3-4,9,15H,5-8,10,14H2,1-2H3. The number of hydrogen-bond donors (Lipinski definition) is 2. The van der Waals surface area contributed by atoms with Gasteiger partial charge in [0.05, 0.1) is 11.2 Å². The quantitative estimate of drug-likeness (QED) is 0.807. The van der Waals surface area contributed by atoms with Gasteiger partial charge >= 0.3 is 0 Å². The molecule has 4 heteroatoms. The van der Waals surface area contributed by atoms with Crippen LogP contribution < -0.4 is 11.1 Å². The lowest BCUT2D eigenvalue weighted by Crippen LogP contribution is -2.42. The van der Waals surface area contributed by atoms with Crippen LogP contribution in [0.15, 0.2) is 18.3 Å². The summed E-state index contributed by atoms with van der Waals surface area (Å²) in [6.07, 6.45) is 1.95. The van der Waals surface area contributed by atoms with Gasteiger partial charge in [0, 0.05) is 38.9 Å². The molecule has 1 aromatic heterocycles. The summed E-state index contributed by atoms with van der Waals surface area (Å²) in [7, 11) is 0. The summed E-state index contributed by atoms with van der Waals surface area (Å²) in [5.41, 5.74) is 7.87. The smallest absolute Gasteiger partial charge is 0.0596 e. The minimum atomic E-state index is -0.354. The summed E-state index contributed by atoms with van der Waals surface area (Å²) in [6.45, 7) is 9.34. The first-order valence-corrected chi connectivity index (χ1v) is 6.23. The molecule has 1 aromatic rings. The third kappa shape index (κ3) is 3.49. The summed E-state index contributed by atoms with van der Waals surface area (Å²) in [4.78, 5) is 6.89. The van der Waals surface area contributed by atoms with Crippen LogP contribution in [-0.2, 0) is 12.1 Å². The predicted molar refractivity (Wildman–Crippen MR) is 69.6 cm³/mol. The van der Waals surface area contributed by atoms with Gasteiger partial charge in [0.2, 0.25) is 0 Å². The number of nitrogens with one attached hydrogen (secondary N) is 1. The van der Waals surface area contributed by atoms with Crippen LogP contribution in [0.25, 0.3) is 0 Å². The molecule has 1 aliphatic rings. The van der Waals surface area contributed by atoms with Crippen molar-refractivity contribution in [3.8, 4) is 0 Å². The summed E-state index contributed by atoms with van der Waals surface area (Å²) >= 11 is 0. The Morgan fingerprint density at radius 3 is 2.59 bits per heavy atom. The highest BCUT2D eigenvalue weighted by Gasteiger charge is 2.16. The van der Waals surface area contributed by atoms with E-state index in [2.05, 4.69) is 21.3 Å². The summed E-state index contributed by atoms with van der Waals surface area (Å²) in [5, 5.41) is 3.36. The van der Waals surface area contributed by atoms with Crippen molar-refractivity contribution in [3.63, 3.8) is 0 Å². The fraction of sp³-hybridized carbons (Fsp3) is 0.615. The number of rotatable bonds is 3. The van der Waals surface area contributed by atoms with E-state index >= 15 is 0 Å². The van der Waals surface area contributed by atoms with E-state index in [4.69, 9.17) is 5.73 Å². The van der Waals surface area contributed by atoms with E-state index in [1.54, 1.807) is 0 Å². The highest BCUT2D eigenvalue weighted by Crippen LogP contribution is 2.14. The molecule has 3 N–H and O–H groups in total. The average molecular weight is 234 g/mol. The van der Waals surface area contributed by atoms with Gasteiger partial charge in [-0.25, -0.2) is 0 Å². The van der Waals surface area contributed by atoms with Crippen LogP contribution in [-0.4, -0.2) is 36.1 Å². The Morgan fingerprint density at radius 1 is 1.35 bits per heavy atom. The first-order chi connectivity index (χ1) is 8.05. The van der Waals surface area contributed by atoms with Crippen LogP contribution >= 0.6 is 0 Å². The molecule has 17 heavy (non-hydrogen) atoms. The van der Waals surface area contributed by atoms with Gasteiger partial charge in [-0.1, -0.05) is 6.07 Å². The molecule has 0 saturated carbocycles. The van der Waals surface area contributed by atoms with Crippen molar-refractivity contribution in [1.82, 2.24) is 15.2 Å². The first-order valence-electron chi connectivity index (χ1n) is 6.23. The predicted octanol–water partition coefficient (Wildman–Crippen LogP) is 0.681. The van der Waals surface area contributed by atoms with Crippen LogP contribution in [0.3, 0.4) is 0 Å². The third-order valence-corrected chi connectivity index (χ3v) is 3.10. The molecule has 4 nitrogen and oxygen atoms in total. The molecule has 0 aromatic carbocycles. The van der Waals surface area contributed by atoms with Gasteiger partial charge in [-0.05, 0) is 25.5 Å². The number of pyridine rings is 1. The number of hydrogen-bond acceptors (Lipinski definition) is 4. The van der Waals surface area contributed by atoms with Crippen LogP contribution in [0.4, 0.5) is 0 Å². The number of nitrogens with two attached hydrogens (primary N) is 1. The van der Waals surface area contributed by atoms with Crippen molar-refractivity contribution in [2.24, 2.45) is 5.73 Å². The van der Waals surface area contributed by atoms with Crippen molar-refractivity contribution >= 4 is 0 Å². The van der Waals surface area contributed by atoms with E-state index in [0.717, 1.165) is 38.4 Å². The van der Waals surface area contributed by atoms with E-state index in [9.17, 15) is 0 Å². The Bertz CT molecular complexity index is 347. The zero-order valence-electron chi connectivity index (χ0n) is 10.7.